The maximum atomic E-state index is 13.9. The molecule has 0 spiro atoms. The largest absolute Gasteiger partial charge is 0.335 e. The van der Waals surface area contributed by atoms with Crippen molar-refractivity contribution < 1.29 is 17.6 Å². The second-order valence-electron chi connectivity index (χ2n) is 6.71. The summed E-state index contributed by atoms with van der Waals surface area (Å²) in [6.07, 6.45) is 2.55. The molecule has 3 rings (SSSR count). The van der Waals surface area contributed by atoms with E-state index in [1.807, 2.05) is 0 Å². The Labute approximate surface area is 163 Å². The van der Waals surface area contributed by atoms with E-state index in [1.54, 1.807) is 40.6 Å². The van der Waals surface area contributed by atoms with Crippen LogP contribution in [0.4, 0.5) is 4.39 Å². The molecule has 1 amide bonds. The predicted molar refractivity (Wildman–Crippen MR) is 103 cm³/mol. The van der Waals surface area contributed by atoms with Crippen LogP contribution in [-0.2, 0) is 21.4 Å². The van der Waals surface area contributed by atoms with Gasteiger partial charge in [-0.25, -0.2) is 17.1 Å². The first-order valence-electron chi connectivity index (χ1n) is 8.92. The van der Waals surface area contributed by atoms with E-state index < -0.39 is 10.0 Å². The molecule has 2 aromatic rings. The highest BCUT2D eigenvalue weighted by atomic mass is 32.2. The number of nitrogens with zero attached hydrogens (tertiary/aromatic N) is 2. The summed E-state index contributed by atoms with van der Waals surface area (Å²) in [7, 11) is -1.97. The molecule has 1 fully saturated rings. The molecule has 8 heteroatoms. The van der Waals surface area contributed by atoms with Crippen LogP contribution in [0.1, 0.15) is 31.2 Å². The molecular weight excluding hydrogens is 387 g/mol. The third-order valence-corrected chi connectivity index (χ3v) is 7.86. The Morgan fingerprint density at radius 2 is 1.96 bits per heavy atom. The summed E-state index contributed by atoms with van der Waals surface area (Å²) in [5.41, 5.74) is 0.509. The van der Waals surface area contributed by atoms with Crippen molar-refractivity contribution in [1.82, 2.24) is 9.21 Å². The third kappa shape index (κ3) is 4.94. The molecule has 0 aliphatic heterocycles. The number of hydrogen-bond donors (Lipinski definition) is 0. The van der Waals surface area contributed by atoms with Crippen molar-refractivity contribution in [3.63, 3.8) is 0 Å². The van der Waals surface area contributed by atoms with Crippen molar-refractivity contribution in [2.24, 2.45) is 0 Å². The van der Waals surface area contributed by atoms with Gasteiger partial charge in [-0.05, 0) is 36.8 Å². The number of hydrogen-bond acceptors (Lipinski definition) is 4. The normalized spacial score (nSPS) is 14.5. The van der Waals surface area contributed by atoms with Crippen LogP contribution in [0.25, 0.3) is 0 Å². The average molecular weight is 411 g/mol. The number of halogens is 1. The van der Waals surface area contributed by atoms with Gasteiger partial charge in [0.2, 0.25) is 5.91 Å². The summed E-state index contributed by atoms with van der Waals surface area (Å²) in [4.78, 5) is 14.4. The lowest BCUT2D eigenvalue weighted by molar-refractivity contribution is -0.132. The van der Waals surface area contributed by atoms with Gasteiger partial charge in [0.05, 0.1) is 0 Å². The van der Waals surface area contributed by atoms with Crippen molar-refractivity contribution in [3.8, 4) is 0 Å². The Kier molecular flexibility index (Phi) is 6.29. The maximum absolute atomic E-state index is 13.9. The number of thiophene rings is 1. The van der Waals surface area contributed by atoms with Crippen LogP contribution < -0.4 is 0 Å². The van der Waals surface area contributed by atoms with E-state index in [1.165, 1.54) is 28.8 Å². The number of sulfonamides is 1. The quantitative estimate of drug-likeness (QED) is 0.636. The number of benzene rings is 1. The molecule has 0 radical (unpaired) electrons. The molecule has 0 saturated heterocycles. The summed E-state index contributed by atoms with van der Waals surface area (Å²) in [6.45, 7) is 0.531. The zero-order chi connectivity index (χ0) is 19.4. The molecule has 0 unspecified atom stereocenters. The molecule has 1 heterocycles. The number of rotatable bonds is 9. The Bertz CT molecular complexity index is 880. The van der Waals surface area contributed by atoms with E-state index in [0.717, 1.165) is 12.8 Å². The zero-order valence-electron chi connectivity index (χ0n) is 15.2. The van der Waals surface area contributed by atoms with Crippen LogP contribution in [0.15, 0.2) is 46.0 Å². The van der Waals surface area contributed by atoms with Gasteiger partial charge < -0.3 is 4.90 Å². The summed E-state index contributed by atoms with van der Waals surface area (Å²) in [5.74, 6) is -0.361. The lowest BCUT2D eigenvalue weighted by atomic mass is 10.2. The van der Waals surface area contributed by atoms with Gasteiger partial charge in [0.15, 0.2) is 0 Å². The molecule has 1 aliphatic carbocycles. The highest BCUT2D eigenvalue weighted by Crippen LogP contribution is 2.29. The first-order chi connectivity index (χ1) is 12.9. The van der Waals surface area contributed by atoms with Crippen molar-refractivity contribution in [1.29, 1.82) is 0 Å². The van der Waals surface area contributed by atoms with Crippen LogP contribution in [0.2, 0.25) is 0 Å². The topological polar surface area (TPSA) is 57.7 Å². The minimum absolute atomic E-state index is 0.0531. The van der Waals surface area contributed by atoms with E-state index in [0.29, 0.717) is 16.2 Å². The van der Waals surface area contributed by atoms with E-state index in [-0.39, 0.29) is 37.3 Å². The summed E-state index contributed by atoms with van der Waals surface area (Å²) in [5, 5.41) is 1.72. The van der Waals surface area contributed by atoms with Gasteiger partial charge in [-0.15, -0.1) is 11.3 Å². The molecule has 1 saturated carbocycles. The standard InChI is InChI=1S/C19H23FN2O3S2/c1-21(27(24,25)19-9-5-13-26-19)12-4-8-18(23)22(16-10-11-16)14-15-6-2-3-7-17(15)20/h2-3,5-7,9,13,16H,4,8,10-12,14H2,1H3. The highest BCUT2D eigenvalue weighted by molar-refractivity contribution is 7.91. The zero-order valence-corrected chi connectivity index (χ0v) is 16.8. The lowest BCUT2D eigenvalue weighted by Crippen LogP contribution is -2.34. The number of carbonyl (C=O) groups is 1. The number of amides is 1. The summed E-state index contributed by atoms with van der Waals surface area (Å²) >= 11 is 1.18. The first-order valence-corrected chi connectivity index (χ1v) is 11.2. The Morgan fingerprint density at radius 3 is 2.59 bits per heavy atom. The van der Waals surface area contributed by atoms with E-state index in [2.05, 4.69) is 0 Å². The minimum atomic E-state index is -3.49. The molecule has 5 nitrogen and oxygen atoms in total. The van der Waals surface area contributed by atoms with Gasteiger partial charge in [-0.2, -0.15) is 0 Å². The van der Waals surface area contributed by atoms with Crippen molar-refractivity contribution >= 4 is 27.3 Å². The third-order valence-electron chi connectivity index (χ3n) is 4.63. The van der Waals surface area contributed by atoms with Gasteiger partial charge in [0.25, 0.3) is 10.0 Å². The molecule has 0 atom stereocenters. The van der Waals surface area contributed by atoms with E-state index >= 15 is 0 Å². The lowest BCUT2D eigenvalue weighted by Gasteiger charge is -2.23. The SMILES string of the molecule is CN(CCCC(=O)N(Cc1ccccc1F)C1CC1)S(=O)(=O)c1cccs1. The summed E-state index contributed by atoms with van der Waals surface area (Å²) in [6, 6.07) is 9.93. The maximum Gasteiger partial charge on any atom is 0.252 e. The average Bonchev–Trinajstić information content (AvgIpc) is 3.32. The van der Waals surface area contributed by atoms with Gasteiger partial charge in [0, 0.05) is 38.2 Å². The molecule has 0 bridgehead atoms. The second-order valence-corrected chi connectivity index (χ2v) is 9.93. The van der Waals surface area contributed by atoms with Crippen LogP contribution >= 0.6 is 11.3 Å². The molecule has 0 N–H and O–H groups in total. The smallest absolute Gasteiger partial charge is 0.252 e. The fraction of sp³-hybridized carbons (Fsp3) is 0.421. The van der Waals surface area contributed by atoms with Crippen LogP contribution in [-0.4, -0.2) is 43.2 Å². The molecule has 146 valence electrons. The van der Waals surface area contributed by atoms with Crippen molar-refractivity contribution in [3.05, 3.63) is 53.2 Å². The van der Waals surface area contributed by atoms with Gasteiger partial charge >= 0.3 is 0 Å². The minimum Gasteiger partial charge on any atom is -0.335 e. The number of carbonyl (C=O) groups excluding carboxylic acids is 1. The second kappa shape index (κ2) is 8.50. The first kappa shape index (κ1) is 20.0. The molecular formula is C19H23FN2O3S2. The monoisotopic (exact) mass is 410 g/mol. The predicted octanol–water partition coefficient (Wildman–Crippen LogP) is 3.48. The van der Waals surface area contributed by atoms with Crippen LogP contribution in [0, 0.1) is 5.82 Å². The molecule has 1 aromatic heterocycles. The fourth-order valence-electron chi connectivity index (χ4n) is 2.90. The highest BCUT2D eigenvalue weighted by Gasteiger charge is 2.32. The fourth-order valence-corrected chi connectivity index (χ4v) is 5.31. The molecule has 1 aromatic carbocycles. The van der Waals surface area contributed by atoms with E-state index in [4.69, 9.17) is 0 Å². The van der Waals surface area contributed by atoms with Crippen LogP contribution in [0.5, 0.6) is 0 Å². The Balaban J connectivity index is 1.55. The Morgan fingerprint density at radius 1 is 1.22 bits per heavy atom. The summed E-state index contributed by atoms with van der Waals surface area (Å²) < 4.78 is 40.3. The van der Waals surface area contributed by atoms with E-state index in [9.17, 15) is 17.6 Å². The van der Waals surface area contributed by atoms with Gasteiger partial charge in [-0.3, -0.25) is 4.79 Å². The van der Waals surface area contributed by atoms with Gasteiger partial charge in [-0.1, -0.05) is 24.3 Å². The molecule has 1 aliphatic rings. The molecule has 27 heavy (non-hydrogen) atoms. The van der Waals surface area contributed by atoms with Crippen LogP contribution in [0.3, 0.4) is 0 Å². The van der Waals surface area contributed by atoms with Gasteiger partial charge in [0.1, 0.15) is 10.0 Å². The van der Waals surface area contributed by atoms with Crippen molar-refractivity contribution in [2.45, 2.75) is 42.5 Å². The van der Waals surface area contributed by atoms with Crippen molar-refractivity contribution in [2.75, 3.05) is 13.6 Å². The Hall–Kier alpha value is -1.77.